The van der Waals surface area contributed by atoms with Crippen LogP contribution in [0.5, 0.6) is 0 Å². The number of piperidine rings is 1. The van der Waals surface area contributed by atoms with Gasteiger partial charge in [-0.2, -0.15) is 0 Å². The van der Waals surface area contributed by atoms with Crippen LogP contribution >= 0.6 is 11.8 Å². The lowest BCUT2D eigenvalue weighted by molar-refractivity contribution is -0.133. The molecule has 0 aromatic heterocycles. The third-order valence-corrected chi connectivity index (χ3v) is 5.13. The fourth-order valence-corrected chi connectivity index (χ4v) is 3.58. The monoisotopic (exact) mass is 354 g/mol. The van der Waals surface area contributed by atoms with E-state index in [1.54, 1.807) is 0 Å². The molecule has 2 aromatic carbocycles. The second-order valence-corrected chi connectivity index (χ2v) is 7.17. The molecule has 0 radical (unpaired) electrons. The SMILES string of the molecule is O=C(CSc1ccccc1)Nc1cccc(CN2CCCCC2=O)c1. The van der Waals surface area contributed by atoms with E-state index in [4.69, 9.17) is 0 Å². The van der Waals surface area contributed by atoms with Gasteiger partial charge < -0.3 is 10.2 Å². The zero-order chi connectivity index (χ0) is 17.5. The lowest BCUT2D eigenvalue weighted by Gasteiger charge is -2.26. The summed E-state index contributed by atoms with van der Waals surface area (Å²) in [5.41, 5.74) is 1.82. The van der Waals surface area contributed by atoms with Crippen LogP contribution in [0.15, 0.2) is 59.5 Å². The molecular formula is C20H22N2O2S. The van der Waals surface area contributed by atoms with E-state index in [1.165, 1.54) is 11.8 Å². The topological polar surface area (TPSA) is 49.4 Å². The minimum Gasteiger partial charge on any atom is -0.338 e. The molecule has 0 bridgehead atoms. The molecule has 1 fully saturated rings. The summed E-state index contributed by atoms with van der Waals surface area (Å²) < 4.78 is 0. The first-order valence-electron chi connectivity index (χ1n) is 8.55. The maximum absolute atomic E-state index is 12.1. The highest BCUT2D eigenvalue weighted by atomic mass is 32.2. The first-order valence-corrected chi connectivity index (χ1v) is 9.54. The fourth-order valence-electron chi connectivity index (χ4n) is 2.86. The van der Waals surface area contributed by atoms with E-state index in [1.807, 2.05) is 59.5 Å². The highest BCUT2D eigenvalue weighted by Crippen LogP contribution is 2.19. The summed E-state index contributed by atoms with van der Waals surface area (Å²) in [6, 6.07) is 17.6. The lowest BCUT2D eigenvalue weighted by Crippen LogP contribution is -2.34. The van der Waals surface area contributed by atoms with Crippen LogP contribution in [-0.4, -0.2) is 29.0 Å². The standard InChI is InChI=1S/C20H22N2O2S/c23-19(15-25-18-9-2-1-3-10-18)21-17-8-6-7-16(13-17)14-22-12-5-4-11-20(22)24/h1-3,6-10,13H,4-5,11-12,14-15H2,(H,21,23). The van der Waals surface area contributed by atoms with Gasteiger partial charge in [-0.05, 0) is 42.7 Å². The van der Waals surface area contributed by atoms with Crippen LogP contribution in [0, 0.1) is 0 Å². The number of nitrogens with one attached hydrogen (secondary N) is 1. The molecule has 1 N–H and O–H groups in total. The minimum atomic E-state index is -0.0277. The smallest absolute Gasteiger partial charge is 0.234 e. The zero-order valence-electron chi connectivity index (χ0n) is 14.1. The number of thioether (sulfide) groups is 1. The van der Waals surface area contributed by atoms with Crippen molar-refractivity contribution in [2.24, 2.45) is 0 Å². The second kappa shape index (κ2) is 8.72. The molecule has 0 aliphatic carbocycles. The van der Waals surface area contributed by atoms with Crippen LogP contribution in [0.25, 0.3) is 0 Å². The summed E-state index contributed by atoms with van der Waals surface area (Å²) in [5, 5.41) is 2.94. The number of amides is 2. The molecule has 0 saturated carbocycles. The van der Waals surface area contributed by atoms with Gasteiger partial charge in [0.05, 0.1) is 5.75 Å². The summed E-state index contributed by atoms with van der Waals surface area (Å²) in [6.07, 6.45) is 2.70. The van der Waals surface area contributed by atoms with Crippen molar-refractivity contribution in [3.8, 4) is 0 Å². The molecule has 2 aromatic rings. The third-order valence-electron chi connectivity index (χ3n) is 4.12. The van der Waals surface area contributed by atoms with Gasteiger partial charge in [-0.3, -0.25) is 9.59 Å². The lowest BCUT2D eigenvalue weighted by atomic mass is 10.1. The molecule has 1 aliphatic rings. The van der Waals surface area contributed by atoms with Crippen molar-refractivity contribution in [3.05, 3.63) is 60.2 Å². The number of benzene rings is 2. The number of hydrogen-bond donors (Lipinski definition) is 1. The highest BCUT2D eigenvalue weighted by molar-refractivity contribution is 8.00. The molecule has 4 nitrogen and oxygen atoms in total. The molecule has 1 aliphatic heterocycles. The Bertz CT molecular complexity index is 733. The average molecular weight is 354 g/mol. The fraction of sp³-hybridized carbons (Fsp3) is 0.300. The van der Waals surface area contributed by atoms with E-state index in [9.17, 15) is 9.59 Å². The first kappa shape index (κ1) is 17.5. The van der Waals surface area contributed by atoms with Gasteiger partial charge in [0, 0.05) is 30.1 Å². The number of anilines is 1. The van der Waals surface area contributed by atoms with E-state index in [2.05, 4.69) is 5.32 Å². The molecule has 0 unspecified atom stereocenters. The van der Waals surface area contributed by atoms with Crippen LogP contribution in [-0.2, 0) is 16.1 Å². The molecule has 3 rings (SSSR count). The number of rotatable bonds is 6. The number of likely N-dealkylation sites (tertiary alicyclic amines) is 1. The minimum absolute atomic E-state index is 0.0277. The van der Waals surface area contributed by atoms with Gasteiger partial charge in [-0.15, -0.1) is 11.8 Å². The average Bonchev–Trinajstić information content (AvgIpc) is 2.63. The maximum Gasteiger partial charge on any atom is 0.234 e. The predicted octanol–water partition coefficient (Wildman–Crippen LogP) is 3.93. The highest BCUT2D eigenvalue weighted by Gasteiger charge is 2.18. The van der Waals surface area contributed by atoms with Gasteiger partial charge in [0.25, 0.3) is 0 Å². The van der Waals surface area contributed by atoms with Gasteiger partial charge >= 0.3 is 0 Å². The Balaban J connectivity index is 1.54. The van der Waals surface area contributed by atoms with Gasteiger partial charge in [-0.25, -0.2) is 0 Å². The Kier molecular flexibility index (Phi) is 6.12. The summed E-state index contributed by atoms with van der Waals surface area (Å²) >= 11 is 1.52. The van der Waals surface area contributed by atoms with Crippen molar-refractivity contribution in [2.75, 3.05) is 17.6 Å². The van der Waals surface area contributed by atoms with Crippen LogP contribution in [0.2, 0.25) is 0 Å². The Morgan fingerprint density at radius 1 is 1.08 bits per heavy atom. The second-order valence-electron chi connectivity index (χ2n) is 6.12. The van der Waals surface area contributed by atoms with Gasteiger partial charge in [-0.1, -0.05) is 30.3 Å². The Hall–Kier alpha value is -2.27. The van der Waals surface area contributed by atoms with Gasteiger partial charge in [0.2, 0.25) is 11.8 Å². The van der Waals surface area contributed by atoms with Gasteiger partial charge in [0.15, 0.2) is 0 Å². The molecule has 1 heterocycles. The normalized spacial score (nSPS) is 14.4. The van der Waals surface area contributed by atoms with Crippen molar-refractivity contribution in [2.45, 2.75) is 30.7 Å². The molecular weight excluding hydrogens is 332 g/mol. The van der Waals surface area contributed by atoms with Gasteiger partial charge in [0.1, 0.15) is 0 Å². The maximum atomic E-state index is 12.1. The van der Waals surface area contributed by atoms with Crippen LogP contribution < -0.4 is 5.32 Å². The number of nitrogens with zero attached hydrogens (tertiary/aromatic N) is 1. The largest absolute Gasteiger partial charge is 0.338 e. The Labute approximate surface area is 152 Å². The molecule has 0 spiro atoms. The quantitative estimate of drug-likeness (QED) is 0.800. The summed E-state index contributed by atoms with van der Waals surface area (Å²) in [5.74, 6) is 0.568. The summed E-state index contributed by atoms with van der Waals surface area (Å²) in [4.78, 5) is 27.1. The summed E-state index contributed by atoms with van der Waals surface area (Å²) in [6.45, 7) is 1.43. The van der Waals surface area contributed by atoms with E-state index in [-0.39, 0.29) is 11.8 Å². The van der Waals surface area contributed by atoms with E-state index in [0.29, 0.717) is 18.7 Å². The Morgan fingerprint density at radius 2 is 1.92 bits per heavy atom. The van der Waals surface area contributed by atoms with Crippen molar-refractivity contribution >= 4 is 29.3 Å². The third kappa shape index (κ3) is 5.36. The van der Waals surface area contributed by atoms with E-state index >= 15 is 0 Å². The molecule has 0 atom stereocenters. The van der Waals surface area contributed by atoms with Crippen molar-refractivity contribution in [1.29, 1.82) is 0 Å². The number of hydrogen-bond acceptors (Lipinski definition) is 3. The molecule has 5 heteroatoms. The summed E-state index contributed by atoms with van der Waals surface area (Å²) in [7, 11) is 0. The Morgan fingerprint density at radius 3 is 2.72 bits per heavy atom. The first-order chi connectivity index (χ1) is 12.2. The predicted molar refractivity (Wildman–Crippen MR) is 102 cm³/mol. The molecule has 2 amide bonds. The number of carbonyl (C=O) groups is 2. The molecule has 1 saturated heterocycles. The van der Waals surface area contributed by atoms with Crippen molar-refractivity contribution < 1.29 is 9.59 Å². The van der Waals surface area contributed by atoms with E-state index in [0.717, 1.165) is 35.5 Å². The zero-order valence-corrected chi connectivity index (χ0v) is 14.9. The molecule has 130 valence electrons. The van der Waals surface area contributed by atoms with Crippen LogP contribution in [0.1, 0.15) is 24.8 Å². The number of carbonyl (C=O) groups excluding carboxylic acids is 2. The van der Waals surface area contributed by atoms with Crippen LogP contribution in [0.4, 0.5) is 5.69 Å². The van der Waals surface area contributed by atoms with Crippen molar-refractivity contribution in [3.63, 3.8) is 0 Å². The van der Waals surface area contributed by atoms with Crippen LogP contribution in [0.3, 0.4) is 0 Å². The van der Waals surface area contributed by atoms with Crippen molar-refractivity contribution in [1.82, 2.24) is 4.90 Å². The van der Waals surface area contributed by atoms with E-state index < -0.39 is 0 Å². The molecule has 25 heavy (non-hydrogen) atoms.